The van der Waals surface area contributed by atoms with Gasteiger partial charge in [0, 0.05) is 31.8 Å². The molecular weight excluding hydrogens is 491 g/mol. The Hall–Kier alpha value is -0.130. The summed E-state index contributed by atoms with van der Waals surface area (Å²) in [6, 6.07) is 0. The fourth-order valence-corrected chi connectivity index (χ4v) is 4.98. The third-order valence-electron chi connectivity index (χ3n) is 5.20. The van der Waals surface area contributed by atoms with Gasteiger partial charge in [0.15, 0.2) is 5.96 Å². The van der Waals surface area contributed by atoms with Crippen molar-refractivity contribution < 1.29 is 13.2 Å². The highest BCUT2D eigenvalue weighted by atomic mass is 127. The molecule has 1 aliphatic heterocycles. The molecule has 2 fully saturated rings. The zero-order valence-corrected chi connectivity index (χ0v) is 21.0. The fraction of sp³-hybridized carbons (Fsp3) is 0.947. The van der Waals surface area contributed by atoms with Crippen molar-refractivity contribution in [3.63, 3.8) is 0 Å². The number of hydrogen-bond acceptors (Lipinski definition) is 4. The number of nitrogens with zero attached hydrogens (tertiary/aromatic N) is 2. The lowest BCUT2D eigenvalue weighted by Gasteiger charge is -2.35. The van der Waals surface area contributed by atoms with E-state index in [1.807, 2.05) is 20.8 Å². The number of halogens is 1. The lowest BCUT2D eigenvalue weighted by Crippen LogP contribution is -2.49. The molecule has 166 valence electrons. The van der Waals surface area contributed by atoms with Crippen LogP contribution in [0.3, 0.4) is 0 Å². The van der Waals surface area contributed by atoms with Crippen LogP contribution in [0.4, 0.5) is 0 Å². The summed E-state index contributed by atoms with van der Waals surface area (Å²) in [4.78, 5) is 6.95. The van der Waals surface area contributed by atoms with Crippen LogP contribution < -0.4 is 10.0 Å². The smallest absolute Gasteiger partial charge is 0.209 e. The molecule has 0 radical (unpaired) electrons. The molecule has 0 aromatic heterocycles. The van der Waals surface area contributed by atoms with E-state index in [1.54, 1.807) is 0 Å². The van der Waals surface area contributed by atoms with Crippen molar-refractivity contribution in [3.05, 3.63) is 0 Å². The molecule has 1 heterocycles. The lowest BCUT2D eigenvalue weighted by atomic mass is 10.1. The maximum absolute atomic E-state index is 11.5. The number of piperidine rings is 1. The SMILES string of the molecule is CCNC(=NCC(C)(C)NS(C)(=O)=O)N1CCC(OCC2CCCC2)CC1.I. The molecule has 0 atom stereocenters. The van der Waals surface area contributed by atoms with E-state index >= 15 is 0 Å². The Balaban J connectivity index is 0.00000392. The summed E-state index contributed by atoms with van der Waals surface area (Å²) >= 11 is 0. The summed E-state index contributed by atoms with van der Waals surface area (Å²) in [7, 11) is -3.26. The molecule has 0 bridgehead atoms. The quantitative estimate of drug-likeness (QED) is 0.287. The molecule has 9 heteroatoms. The van der Waals surface area contributed by atoms with Crippen LogP contribution in [0.1, 0.15) is 59.3 Å². The molecule has 0 aromatic carbocycles. The topological polar surface area (TPSA) is 83.0 Å². The monoisotopic (exact) mass is 530 g/mol. The molecule has 28 heavy (non-hydrogen) atoms. The number of sulfonamides is 1. The molecule has 2 rings (SSSR count). The third kappa shape index (κ3) is 9.58. The third-order valence-corrected chi connectivity index (χ3v) is 6.13. The summed E-state index contributed by atoms with van der Waals surface area (Å²) in [6.07, 6.45) is 8.94. The Morgan fingerprint density at radius 3 is 2.32 bits per heavy atom. The first-order valence-corrected chi connectivity index (χ1v) is 12.2. The van der Waals surface area contributed by atoms with Gasteiger partial charge in [-0.3, -0.25) is 4.99 Å². The van der Waals surface area contributed by atoms with Crippen molar-refractivity contribution in [2.24, 2.45) is 10.9 Å². The van der Waals surface area contributed by atoms with Gasteiger partial charge in [-0.15, -0.1) is 24.0 Å². The van der Waals surface area contributed by atoms with Crippen LogP contribution in [0, 0.1) is 5.92 Å². The molecule has 1 saturated carbocycles. The number of likely N-dealkylation sites (tertiary alicyclic amines) is 1. The van der Waals surface area contributed by atoms with Crippen LogP contribution in [0.5, 0.6) is 0 Å². The van der Waals surface area contributed by atoms with Crippen LogP contribution in [0.25, 0.3) is 0 Å². The minimum absolute atomic E-state index is 0. The maximum atomic E-state index is 11.5. The van der Waals surface area contributed by atoms with E-state index in [-0.39, 0.29) is 24.0 Å². The second-order valence-electron chi connectivity index (χ2n) is 8.60. The minimum Gasteiger partial charge on any atom is -0.378 e. The van der Waals surface area contributed by atoms with Crippen LogP contribution in [0.2, 0.25) is 0 Å². The molecule has 7 nitrogen and oxygen atoms in total. The van der Waals surface area contributed by atoms with Gasteiger partial charge in [-0.05, 0) is 52.4 Å². The normalized spacial score (nSPS) is 20.3. The van der Waals surface area contributed by atoms with E-state index in [9.17, 15) is 8.42 Å². The van der Waals surface area contributed by atoms with Crippen molar-refractivity contribution in [2.45, 2.75) is 70.9 Å². The summed E-state index contributed by atoms with van der Waals surface area (Å²) in [6.45, 7) is 9.69. The number of nitrogens with one attached hydrogen (secondary N) is 2. The van der Waals surface area contributed by atoms with Gasteiger partial charge in [-0.25, -0.2) is 13.1 Å². The summed E-state index contributed by atoms with van der Waals surface area (Å²) in [5.74, 6) is 1.63. The van der Waals surface area contributed by atoms with Crippen LogP contribution in [-0.4, -0.2) is 70.0 Å². The molecular formula is C19H39IN4O3S. The van der Waals surface area contributed by atoms with E-state index in [1.165, 1.54) is 31.9 Å². The first kappa shape index (κ1) is 25.9. The Labute approximate surface area is 188 Å². The number of hydrogen-bond donors (Lipinski definition) is 2. The second kappa shape index (κ2) is 11.9. The van der Waals surface area contributed by atoms with Crippen LogP contribution in [0.15, 0.2) is 4.99 Å². The second-order valence-corrected chi connectivity index (χ2v) is 10.3. The van der Waals surface area contributed by atoms with E-state index in [0.29, 0.717) is 12.6 Å². The predicted molar refractivity (Wildman–Crippen MR) is 126 cm³/mol. The Bertz CT molecular complexity index is 584. The van der Waals surface area contributed by atoms with Crippen molar-refractivity contribution in [2.75, 3.05) is 39.0 Å². The Morgan fingerprint density at radius 2 is 1.79 bits per heavy atom. The predicted octanol–water partition coefficient (Wildman–Crippen LogP) is 2.57. The van der Waals surface area contributed by atoms with E-state index < -0.39 is 15.6 Å². The van der Waals surface area contributed by atoms with Gasteiger partial charge in [-0.1, -0.05) is 12.8 Å². The van der Waals surface area contributed by atoms with Crippen molar-refractivity contribution in [1.29, 1.82) is 0 Å². The molecule has 2 aliphatic rings. The summed E-state index contributed by atoms with van der Waals surface area (Å²) < 4.78 is 31.8. The van der Waals surface area contributed by atoms with Gasteiger partial charge >= 0.3 is 0 Å². The average Bonchev–Trinajstić information content (AvgIpc) is 3.09. The molecule has 2 N–H and O–H groups in total. The number of aliphatic imine (C=N–C) groups is 1. The highest BCUT2D eigenvalue weighted by Crippen LogP contribution is 2.26. The lowest BCUT2D eigenvalue weighted by molar-refractivity contribution is 0.00100. The van der Waals surface area contributed by atoms with Crippen LogP contribution >= 0.6 is 24.0 Å². The van der Waals surface area contributed by atoms with Crippen LogP contribution in [-0.2, 0) is 14.8 Å². The van der Waals surface area contributed by atoms with Gasteiger partial charge in [0.25, 0.3) is 0 Å². The zero-order valence-electron chi connectivity index (χ0n) is 17.9. The van der Waals surface area contributed by atoms with Crippen molar-refractivity contribution in [3.8, 4) is 0 Å². The van der Waals surface area contributed by atoms with E-state index in [0.717, 1.165) is 51.0 Å². The van der Waals surface area contributed by atoms with Crippen molar-refractivity contribution >= 4 is 40.0 Å². The van der Waals surface area contributed by atoms with Gasteiger partial charge in [0.2, 0.25) is 10.0 Å². The van der Waals surface area contributed by atoms with Gasteiger partial charge in [0.05, 0.1) is 18.9 Å². The summed E-state index contributed by atoms with van der Waals surface area (Å²) in [5.41, 5.74) is -0.614. The number of rotatable bonds is 8. The van der Waals surface area contributed by atoms with Gasteiger partial charge < -0.3 is 15.0 Å². The van der Waals surface area contributed by atoms with Gasteiger partial charge in [0.1, 0.15) is 0 Å². The molecule has 0 aromatic rings. The molecule has 0 unspecified atom stereocenters. The molecule has 0 amide bonds. The first-order valence-electron chi connectivity index (χ1n) is 10.3. The molecule has 1 saturated heterocycles. The fourth-order valence-electron chi connectivity index (χ4n) is 3.92. The minimum atomic E-state index is -3.26. The van der Waals surface area contributed by atoms with E-state index in [4.69, 9.17) is 9.73 Å². The highest BCUT2D eigenvalue weighted by molar-refractivity contribution is 14.0. The molecule has 0 spiro atoms. The highest BCUT2D eigenvalue weighted by Gasteiger charge is 2.26. The first-order chi connectivity index (χ1) is 12.7. The summed E-state index contributed by atoms with van der Waals surface area (Å²) in [5, 5.41) is 3.34. The van der Waals surface area contributed by atoms with Gasteiger partial charge in [-0.2, -0.15) is 0 Å². The Morgan fingerprint density at radius 1 is 1.18 bits per heavy atom. The van der Waals surface area contributed by atoms with Crippen molar-refractivity contribution in [1.82, 2.24) is 14.9 Å². The number of guanidine groups is 1. The zero-order chi connectivity index (χ0) is 19.9. The standard InChI is InChI=1S/C19H38N4O3S.HI/c1-5-20-18(21-15-19(2,3)22-27(4,24)25)23-12-10-17(11-13-23)26-14-16-8-6-7-9-16;/h16-17,22H,5-15H2,1-4H3,(H,20,21);1H. The average molecular weight is 531 g/mol. The van der Waals surface area contributed by atoms with E-state index in [2.05, 4.69) is 14.9 Å². The number of ether oxygens (including phenoxy) is 1. The molecule has 1 aliphatic carbocycles. The maximum Gasteiger partial charge on any atom is 0.209 e. The largest absolute Gasteiger partial charge is 0.378 e. The Kier molecular flexibility index (Phi) is 11.0.